The number of amides is 1. The van der Waals surface area contributed by atoms with Crippen molar-refractivity contribution in [2.24, 2.45) is 5.10 Å². The average molecular weight is 477 g/mol. The van der Waals surface area contributed by atoms with E-state index in [1.54, 1.807) is 23.0 Å². The molecule has 2 aromatic heterocycles. The van der Waals surface area contributed by atoms with Gasteiger partial charge in [0.05, 0.1) is 23.0 Å². The van der Waals surface area contributed by atoms with E-state index in [4.69, 9.17) is 4.42 Å². The van der Waals surface area contributed by atoms with Crippen LogP contribution in [0.1, 0.15) is 35.2 Å². The summed E-state index contributed by atoms with van der Waals surface area (Å²) in [5.41, 5.74) is 4.22. The fraction of sp³-hybridized carbons (Fsp3) is 0.240. The van der Waals surface area contributed by atoms with Crippen LogP contribution in [0.2, 0.25) is 0 Å². The van der Waals surface area contributed by atoms with Crippen LogP contribution in [0.3, 0.4) is 0 Å². The second-order valence-electron chi connectivity index (χ2n) is 8.56. The van der Waals surface area contributed by atoms with Gasteiger partial charge in [0.2, 0.25) is 0 Å². The number of hydrogen-bond acceptors (Lipinski definition) is 6. The SMILES string of the molecule is Cc1ccc(C2=NN(C(=O)Cn3c(CS(C)(=O)=O)nc4ccccc43)C(c3ccco3)C2)cc1. The maximum absolute atomic E-state index is 13.6. The second-order valence-corrected chi connectivity index (χ2v) is 10.7. The van der Waals surface area contributed by atoms with Gasteiger partial charge in [-0.25, -0.2) is 18.4 Å². The molecular weight excluding hydrogens is 452 g/mol. The lowest BCUT2D eigenvalue weighted by Crippen LogP contribution is -2.31. The van der Waals surface area contributed by atoms with E-state index < -0.39 is 9.84 Å². The molecule has 5 rings (SSSR count). The van der Waals surface area contributed by atoms with E-state index >= 15 is 0 Å². The third-order valence-electron chi connectivity index (χ3n) is 5.84. The summed E-state index contributed by atoms with van der Waals surface area (Å²) >= 11 is 0. The van der Waals surface area contributed by atoms with Crippen LogP contribution in [-0.4, -0.2) is 40.9 Å². The Morgan fingerprint density at radius 3 is 2.56 bits per heavy atom. The van der Waals surface area contributed by atoms with Gasteiger partial charge in [0.15, 0.2) is 9.84 Å². The summed E-state index contributed by atoms with van der Waals surface area (Å²) < 4.78 is 31.3. The monoisotopic (exact) mass is 476 g/mol. The van der Waals surface area contributed by atoms with Crippen LogP contribution in [0.15, 0.2) is 76.4 Å². The molecule has 174 valence electrons. The van der Waals surface area contributed by atoms with Crippen molar-refractivity contribution in [1.82, 2.24) is 14.6 Å². The van der Waals surface area contributed by atoms with Gasteiger partial charge < -0.3 is 8.98 Å². The van der Waals surface area contributed by atoms with Gasteiger partial charge in [-0.2, -0.15) is 5.10 Å². The summed E-state index contributed by atoms with van der Waals surface area (Å²) in [4.78, 5) is 18.1. The highest BCUT2D eigenvalue weighted by Crippen LogP contribution is 2.33. The first kappa shape index (κ1) is 22.1. The van der Waals surface area contributed by atoms with Crippen LogP contribution >= 0.6 is 0 Å². The van der Waals surface area contributed by atoms with Crippen molar-refractivity contribution in [3.8, 4) is 0 Å². The molecule has 1 aliphatic heterocycles. The molecule has 4 aromatic rings. The molecule has 0 bridgehead atoms. The molecule has 1 amide bonds. The van der Waals surface area contributed by atoms with E-state index in [0.717, 1.165) is 23.1 Å². The quantitative estimate of drug-likeness (QED) is 0.421. The molecule has 1 unspecified atom stereocenters. The lowest BCUT2D eigenvalue weighted by molar-refractivity contribution is -0.134. The first-order chi connectivity index (χ1) is 16.3. The van der Waals surface area contributed by atoms with Gasteiger partial charge in [-0.3, -0.25) is 4.79 Å². The number of benzene rings is 2. The van der Waals surface area contributed by atoms with E-state index in [2.05, 4.69) is 10.1 Å². The molecule has 0 saturated heterocycles. The smallest absolute Gasteiger partial charge is 0.263 e. The third-order valence-corrected chi connectivity index (χ3v) is 6.62. The summed E-state index contributed by atoms with van der Waals surface area (Å²) in [7, 11) is -3.35. The molecule has 2 aromatic carbocycles. The number of furan rings is 1. The molecule has 3 heterocycles. The molecule has 8 nitrogen and oxygen atoms in total. The Labute approximate surface area is 197 Å². The minimum atomic E-state index is -3.35. The van der Waals surface area contributed by atoms with Gasteiger partial charge in [-0.05, 0) is 36.8 Å². The van der Waals surface area contributed by atoms with E-state index in [-0.39, 0.29) is 24.2 Å². The van der Waals surface area contributed by atoms with Crippen LogP contribution < -0.4 is 0 Å². The number of fused-ring (bicyclic) bond motifs is 1. The summed E-state index contributed by atoms with van der Waals surface area (Å²) in [6, 6.07) is 18.6. The summed E-state index contributed by atoms with van der Waals surface area (Å²) in [6.07, 6.45) is 3.25. The van der Waals surface area contributed by atoms with Gasteiger partial charge in [-0.1, -0.05) is 42.0 Å². The van der Waals surface area contributed by atoms with Crippen LogP contribution in [0.4, 0.5) is 0 Å². The van der Waals surface area contributed by atoms with Crippen molar-refractivity contribution in [2.45, 2.75) is 31.7 Å². The predicted molar refractivity (Wildman–Crippen MR) is 129 cm³/mol. The van der Waals surface area contributed by atoms with E-state index in [1.807, 2.05) is 55.5 Å². The largest absolute Gasteiger partial charge is 0.467 e. The Kier molecular flexibility index (Phi) is 5.57. The van der Waals surface area contributed by atoms with Crippen molar-refractivity contribution in [1.29, 1.82) is 0 Å². The fourth-order valence-electron chi connectivity index (χ4n) is 4.22. The molecule has 9 heteroatoms. The van der Waals surface area contributed by atoms with Crippen molar-refractivity contribution in [2.75, 3.05) is 6.26 Å². The fourth-order valence-corrected chi connectivity index (χ4v) is 4.91. The molecule has 1 aliphatic rings. The molecule has 0 radical (unpaired) electrons. The molecule has 0 saturated carbocycles. The highest BCUT2D eigenvalue weighted by molar-refractivity contribution is 7.89. The maximum Gasteiger partial charge on any atom is 0.263 e. The topological polar surface area (TPSA) is 97.8 Å². The number of hydrazone groups is 1. The molecule has 0 N–H and O–H groups in total. The van der Waals surface area contributed by atoms with E-state index in [1.165, 1.54) is 5.01 Å². The number of carbonyl (C=O) groups excluding carboxylic acids is 1. The minimum Gasteiger partial charge on any atom is -0.467 e. The van der Waals surface area contributed by atoms with Crippen molar-refractivity contribution < 1.29 is 17.6 Å². The lowest BCUT2D eigenvalue weighted by atomic mass is 10.0. The highest BCUT2D eigenvalue weighted by atomic mass is 32.2. The number of aryl methyl sites for hydroxylation is 1. The first-order valence-electron chi connectivity index (χ1n) is 10.9. The summed E-state index contributed by atoms with van der Waals surface area (Å²) in [5.74, 6) is 0.440. The van der Waals surface area contributed by atoms with Gasteiger partial charge in [0, 0.05) is 12.7 Å². The Balaban J connectivity index is 1.52. The number of nitrogens with zero attached hydrogens (tertiary/aromatic N) is 4. The normalized spacial score (nSPS) is 16.2. The number of imidazole rings is 1. The molecule has 0 spiro atoms. The maximum atomic E-state index is 13.6. The third kappa shape index (κ3) is 4.38. The average Bonchev–Trinajstić information content (AvgIpc) is 3.52. The molecule has 0 fully saturated rings. The zero-order chi connectivity index (χ0) is 23.9. The summed E-state index contributed by atoms with van der Waals surface area (Å²) in [6.45, 7) is 1.93. The molecule has 1 atom stereocenters. The standard InChI is InChI=1S/C25H24N4O4S/c1-17-9-11-18(12-10-17)20-14-22(23-8-5-13-33-23)29(27-20)25(30)15-28-21-7-4-3-6-19(21)26-24(28)16-34(2,31)32/h3-13,22H,14-16H2,1-2H3. The number of sulfone groups is 1. The second kappa shape index (κ2) is 8.57. The number of carbonyl (C=O) groups is 1. The zero-order valence-electron chi connectivity index (χ0n) is 18.9. The summed E-state index contributed by atoms with van der Waals surface area (Å²) in [5, 5.41) is 6.13. The van der Waals surface area contributed by atoms with Crippen molar-refractivity contribution in [3.05, 3.63) is 89.6 Å². The number of para-hydroxylation sites is 2. The van der Waals surface area contributed by atoms with Crippen LogP contribution in [0, 0.1) is 6.92 Å². The Morgan fingerprint density at radius 1 is 1.09 bits per heavy atom. The van der Waals surface area contributed by atoms with Crippen LogP contribution in [0.25, 0.3) is 11.0 Å². The van der Waals surface area contributed by atoms with Gasteiger partial charge in [0.25, 0.3) is 5.91 Å². The lowest BCUT2D eigenvalue weighted by Gasteiger charge is -2.20. The number of hydrogen-bond donors (Lipinski definition) is 0. The number of rotatable bonds is 6. The van der Waals surface area contributed by atoms with E-state index in [0.29, 0.717) is 29.0 Å². The first-order valence-corrected chi connectivity index (χ1v) is 13.0. The minimum absolute atomic E-state index is 0.0900. The van der Waals surface area contributed by atoms with Gasteiger partial charge in [-0.15, -0.1) is 0 Å². The predicted octanol–water partition coefficient (Wildman–Crippen LogP) is 3.86. The Hall–Kier alpha value is -3.72. The van der Waals surface area contributed by atoms with Gasteiger partial charge >= 0.3 is 0 Å². The van der Waals surface area contributed by atoms with Crippen molar-refractivity contribution in [3.63, 3.8) is 0 Å². The molecule has 34 heavy (non-hydrogen) atoms. The van der Waals surface area contributed by atoms with Crippen LogP contribution in [-0.2, 0) is 26.9 Å². The molecule has 0 aliphatic carbocycles. The zero-order valence-corrected chi connectivity index (χ0v) is 19.7. The Bertz CT molecular complexity index is 1490. The molecular formula is C25H24N4O4S. The van der Waals surface area contributed by atoms with Crippen molar-refractivity contribution >= 4 is 32.5 Å². The number of aromatic nitrogens is 2. The van der Waals surface area contributed by atoms with E-state index in [9.17, 15) is 13.2 Å². The Morgan fingerprint density at radius 2 is 1.85 bits per heavy atom. The highest BCUT2D eigenvalue weighted by Gasteiger charge is 2.35. The van der Waals surface area contributed by atoms with Crippen LogP contribution in [0.5, 0.6) is 0 Å². The van der Waals surface area contributed by atoms with Gasteiger partial charge in [0.1, 0.15) is 29.9 Å².